The van der Waals surface area contributed by atoms with Gasteiger partial charge in [-0.1, -0.05) is 57.5 Å². The Kier molecular flexibility index (Phi) is 7.23. The zero-order valence-electron chi connectivity index (χ0n) is 19.3. The fourth-order valence-electron chi connectivity index (χ4n) is 4.07. The highest BCUT2D eigenvalue weighted by Gasteiger charge is 2.46. The summed E-state index contributed by atoms with van der Waals surface area (Å²) in [6.45, 7) is 6.67. The van der Waals surface area contributed by atoms with Gasteiger partial charge in [-0.25, -0.2) is 0 Å². The highest BCUT2D eigenvalue weighted by Crippen LogP contribution is 2.43. The summed E-state index contributed by atoms with van der Waals surface area (Å²) in [6.07, 6.45) is 1.63. The van der Waals surface area contributed by atoms with E-state index in [1.807, 2.05) is 31.2 Å². The molecule has 170 valence electrons. The van der Waals surface area contributed by atoms with E-state index < -0.39 is 17.7 Å². The molecule has 0 aliphatic carbocycles. The first-order chi connectivity index (χ1) is 15.3. The second-order valence-electron chi connectivity index (χ2n) is 8.20. The van der Waals surface area contributed by atoms with Crippen LogP contribution in [0, 0.1) is 0 Å². The van der Waals surface area contributed by atoms with Crippen LogP contribution in [-0.4, -0.2) is 42.5 Å². The highest BCUT2D eigenvalue weighted by atomic mass is 16.5. The van der Waals surface area contributed by atoms with Crippen molar-refractivity contribution in [3.63, 3.8) is 0 Å². The predicted octanol–water partition coefficient (Wildman–Crippen LogP) is 5.05. The van der Waals surface area contributed by atoms with Crippen LogP contribution < -0.4 is 9.47 Å². The highest BCUT2D eigenvalue weighted by molar-refractivity contribution is 6.46. The fourth-order valence-corrected chi connectivity index (χ4v) is 4.07. The van der Waals surface area contributed by atoms with Crippen molar-refractivity contribution in [1.82, 2.24) is 4.90 Å². The van der Waals surface area contributed by atoms with E-state index >= 15 is 0 Å². The molecule has 0 radical (unpaired) electrons. The standard InChI is InChI=1S/C26H31NO5/c1-6-7-15-27-23(18-13-11-17(12-14-18)16(2)3)22(25(29)26(27)30)24(28)21-19(31-4)9-8-10-20(21)32-5/h8-14,16,23,28H,6-7,15H2,1-5H3/b24-22+. The average molecular weight is 438 g/mol. The van der Waals surface area contributed by atoms with E-state index in [-0.39, 0.29) is 16.9 Å². The first kappa shape index (κ1) is 23.4. The minimum absolute atomic E-state index is 0.0474. The van der Waals surface area contributed by atoms with Gasteiger partial charge in [0, 0.05) is 6.54 Å². The molecule has 1 N–H and O–H groups in total. The molecule has 2 aromatic rings. The molecule has 0 aromatic heterocycles. The Hall–Kier alpha value is -3.28. The number of likely N-dealkylation sites (tertiary alicyclic amines) is 1. The lowest BCUT2D eigenvalue weighted by molar-refractivity contribution is -0.139. The Labute approximate surface area is 189 Å². The number of nitrogens with zero attached hydrogens (tertiary/aromatic N) is 1. The number of ether oxygens (including phenoxy) is 2. The van der Waals surface area contributed by atoms with Crippen molar-refractivity contribution in [2.24, 2.45) is 0 Å². The molecule has 1 aliphatic heterocycles. The zero-order valence-corrected chi connectivity index (χ0v) is 19.3. The number of ketones is 1. The van der Waals surface area contributed by atoms with Crippen LogP contribution in [0.1, 0.15) is 62.3 Å². The van der Waals surface area contributed by atoms with Crippen LogP contribution in [0.3, 0.4) is 0 Å². The molecule has 1 unspecified atom stereocenters. The number of benzene rings is 2. The van der Waals surface area contributed by atoms with E-state index in [1.165, 1.54) is 14.2 Å². The summed E-state index contributed by atoms with van der Waals surface area (Å²) in [5.74, 6) is -0.537. The lowest BCUT2D eigenvalue weighted by Gasteiger charge is -2.26. The molecule has 6 nitrogen and oxygen atoms in total. The Balaban J connectivity index is 2.23. The van der Waals surface area contributed by atoms with Gasteiger partial charge in [-0.15, -0.1) is 0 Å². The molecular formula is C26H31NO5. The van der Waals surface area contributed by atoms with Crippen LogP contribution >= 0.6 is 0 Å². The number of unbranched alkanes of at least 4 members (excludes halogenated alkanes) is 1. The molecule has 1 heterocycles. The number of amides is 1. The second kappa shape index (κ2) is 9.90. The number of rotatable bonds is 8. The van der Waals surface area contributed by atoms with Gasteiger partial charge in [-0.2, -0.15) is 0 Å². The Morgan fingerprint density at radius 2 is 1.62 bits per heavy atom. The molecule has 0 bridgehead atoms. The Morgan fingerprint density at radius 1 is 1.03 bits per heavy atom. The van der Waals surface area contributed by atoms with Gasteiger partial charge in [0.2, 0.25) is 0 Å². The van der Waals surface area contributed by atoms with Crippen molar-refractivity contribution < 1.29 is 24.2 Å². The number of aliphatic hydroxyl groups excluding tert-OH is 1. The van der Waals surface area contributed by atoms with Crippen LogP contribution in [0.15, 0.2) is 48.0 Å². The molecule has 0 spiro atoms. The molecule has 1 fully saturated rings. The van der Waals surface area contributed by atoms with Crippen LogP contribution in [0.4, 0.5) is 0 Å². The van der Waals surface area contributed by atoms with Crippen LogP contribution in [0.5, 0.6) is 11.5 Å². The van der Waals surface area contributed by atoms with Gasteiger partial charge in [-0.05, 0) is 35.6 Å². The summed E-state index contributed by atoms with van der Waals surface area (Å²) in [5.41, 5.74) is 2.24. The fraction of sp³-hybridized carbons (Fsp3) is 0.385. The number of hydrogen-bond donors (Lipinski definition) is 1. The summed E-state index contributed by atoms with van der Waals surface area (Å²) in [4.78, 5) is 27.7. The van der Waals surface area contributed by atoms with Crippen molar-refractivity contribution in [1.29, 1.82) is 0 Å². The minimum Gasteiger partial charge on any atom is -0.506 e. The van der Waals surface area contributed by atoms with Crippen molar-refractivity contribution >= 4 is 17.4 Å². The van der Waals surface area contributed by atoms with Crippen LogP contribution in [-0.2, 0) is 9.59 Å². The second-order valence-corrected chi connectivity index (χ2v) is 8.20. The topological polar surface area (TPSA) is 76.1 Å². The van der Waals surface area contributed by atoms with Gasteiger partial charge in [0.25, 0.3) is 11.7 Å². The van der Waals surface area contributed by atoms with Crippen molar-refractivity contribution in [3.8, 4) is 11.5 Å². The molecule has 6 heteroatoms. The summed E-state index contributed by atoms with van der Waals surface area (Å²) >= 11 is 0. The number of Topliss-reactive ketones (excluding diaryl/α,β-unsaturated/α-hetero) is 1. The maximum atomic E-state index is 13.2. The number of carbonyl (C=O) groups excluding carboxylic acids is 2. The third kappa shape index (κ3) is 4.22. The summed E-state index contributed by atoms with van der Waals surface area (Å²) < 4.78 is 10.8. The largest absolute Gasteiger partial charge is 0.506 e. The minimum atomic E-state index is -0.704. The van der Waals surface area contributed by atoms with Crippen molar-refractivity contribution in [2.45, 2.75) is 45.6 Å². The molecule has 1 atom stereocenters. The molecule has 1 amide bonds. The lowest BCUT2D eigenvalue weighted by Crippen LogP contribution is -2.30. The predicted molar refractivity (Wildman–Crippen MR) is 124 cm³/mol. The van der Waals surface area contributed by atoms with Gasteiger partial charge < -0.3 is 19.5 Å². The van der Waals surface area contributed by atoms with Gasteiger partial charge in [0.05, 0.1) is 25.8 Å². The van der Waals surface area contributed by atoms with Gasteiger partial charge in [-0.3, -0.25) is 9.59 Å². The molecule has 0 saturated carbocycles. The van der Waals surface area contributed by atoms with E-state index in [0.717, 1.165) is 24.0 Å². The number of hydrogen-bond acceptors (Lipinski definition) is 5. The first-order valence-electron chi connectivity index (χ1n) is 10.9. The van der Waals surface area contributed by atoms with Crippen LogP contribution in [0.2, 0.25) is 0 Å². The third-order valence-corrected chi connectivity index (χ3v) is 5.88. The van der Waals surface area contributed by atoms with E-state index in [4.69, 9.17) is 9.47 Å². The molecule has 3 rings (SSSR count). The maximum Gasteiger partial charge on any atom is 0.295 e. The van der Waals surface area contributed by atoms with E-state index in [2.05, 4.69) is 13.8 Å². The Bertz CT molecular complexity index is 1000. The SMILES string of the molecule is CCCCN1C(=O)C(=O)/C(=C(/O)c2c(OC)cccc2OC)C1c1ccc(C(C)C)cc1. The number of aliphatic hydroxyl groups is 1. The smallest absolute Gasteiger partial charge is 0.295 e. The number of carbonyl (C=O) groups is 2. The summed E-state index contributed by atoms with van der Waals surface area (Å²) in [7, 11) is 2.96. The summed E-state index contributed by atoms with van der Waals surface area (Å²) in [6, 6.07) is 12.3. The maximum absolute atomic E-state index is 13.2. The van der Waals surface area contributed by atoms with Crippen LogP contribution in [0.25, 0.3) is 5.76 Å². The summed E-state index contributed by atoms with van der Waals surface area (Å²) in [5, 5.41) is 11.4. The molecule has 1 saturated heterocycles. The van der Waals surface area contributed by atoms with E-state index in [1.54, 1.807) is 23.1 Å². The van der Waals surface area contributed by atoms with Crippen molar-refractivity contribution in [2.75, 3.05) is 20.8 Å². The Morgan fingerprint density at radius 3 is 2.12 bits per heavy atom. The molecule has 2 aromatic carbocycles. The molecule has 1 aliphatic rings. The van der Waals surface area contributed by atoms with E-state index in [9.17, 15) is 14.7 Å². The normalized spacial score (nSPS) is 17.8. The average Bonchev–Trinajstić information content (AvgIpc) is 3.06. The third-order valence-electron chi connectivity index (χ3n) is 5.88. The number of methoxy groups -OCH3 is 2. The zero-order chi connectivity index (χ0) is 23.4. The van der Waals surface area contributed by atoms with Gasteiger partial charge >= 0.3 is 0 Å². The molecule has 32 heavy (non-hydrogen) atoms. The lowest BCUT2D eigenvalue weighted by atomic mass is 9.92. The quantitative estimate of drug-likeness (QED) is 0.355. The van der Waals surface area contributed by atoms with Crippen molar-refractivity contribution in [3.05, 3.63) is 64.7 Å². The van der Waals surface area contributed by atoms with Gasteiger partial charge in [0.15, 0.2) is 0 Å². The van der Waals surface area contributed by atoms with E-state index in [0.29, 0.717) is 24.0 Å². The first-order valence-corrected chi connectivity index (χ1v) is 10.9. The van der Waals surface area contributed by atoms with Gasteiger partial charge in [0.1, 0.15) is 22.8 Å². The molecular weight excluding hydrogens is 406 g/mol. The monoisotopic (exact) mass is 437 g/mol.